The van der Waals surface area contributed by atoms with Crippen LogP contribution in [0.25, 0.3) is 0 Å². The lowest BCUT2D eigenvalue weighted by Crippen LogP contribution is -2.23. The van der Waals surface area contributed by atoms with Gasteiger partial charge in [-0.3, -0.25) is 4.79 Å². The van der Waals surface area contributed by atoms with E-state index in [1.807, 2.05) is 0 Å². The summed E-state index contributed by atoms with van der Waals surface area (Å²) in [7, 11) is 3.36. The molecule has 0 spiro atoms. The number of hydrogen-bond acceptors (Lipinski definition) is 5. The Hall–Kier alpha value is -1.69. The zero-order valence-electron chi connectivity index (χ0n) is 10.9. The molecule has 6 heteroatoms. The van der Waals surface area contributed by atoms with Crippen molar-refractivity contribution in [3.8, 4) is 0 Å². The van der Waals surface area contributed by atoms with Gasteiger partial charge in [-0.15, -0.1) is 10.2 Å². The lowest BCUT2D eigenvalue weighted by atomic mass is 10.2. The molecule has 1 amide bonds. The van der Waals surface area contributed by atoms with Crippen LogP contribution in [0.15, 0.2) is 12.1 Å². The second kappa shape index (κ2) is 7.60. The minimum Gasteiger partial charge on any atom is -0.396 e. The highest BCUT2D eigenvalue weighted by atomic mass is 16.2. The number of aliphatic hydroxyl groups excluding tert-OH is 1. The molecule has 0 saturated carbocycles. The van der Waals surface area contributed by atoms with Crippen LogP contribution < -0.4 is 5.32 Å². The molecule has 0 bridgehead atoms. The van der Waals surface area contributed by atoms with E-state index in [-0.39, 0.29) is 12.5 Å². The highest BCUT2D eigenvalue weighted by molar-refractivity contribution is 5.91. The molecule has 1 aromatic heterocycles. The summed E-state index contributed by atoms with van der Waals surface area (Å²) in [6.07, 6.45) is 2.78. The average Bonchev–Trinajstić information content (AvgIpc) is 2.38. The van der Waals surface area contributed by atoms with Gasteiger partial charge in [-0.2, -0.15) is 0 Å². The third kappa shape index (κ3) is 4.67. The molecule has 0 saturated heterocycles. The van der Waals surface area contributed by atoms with E-state index in [2.05, 4.69) is 15.5 Å². The Balaban J connectivity index is 2.38. The Bertz CT molecular complexity index is 365. The van der Waals surface area contributed by atoms with Crippen LogP contribution in [-0.4, -0.2) is 53.4 Å². The van der Waals surface area contributed by atoms with Gasteiger partial charge in [-0.25, -0.2) is 0 Å². The van der Waals surface area contributed by atoms with Crippen molar-refractivity contribution < 1.29 is 9.90 Å². The molecular weight excluding hydrogens is 232 g/mol. The summed E-state index contributed by atoms with van der Waals surface area (Å²) in [5.41, 5.74) is 0.339. The highest BCUT2D eigenvalue weighted by Gasteiger charge is 2.09. The zero-order chi connectivity index (χ0) is 13.4. The van der Waals surface area contributed by atoms with Crippen molar-refractivity contribution in [2.24, 2.45) is 0 Å². The summed E-state index contributed by atoms with van der Waals surface area (Å²) in [5.74, 6) is 0.506. The topological polar surface area (TPSA) is 78.4 Å². The summed E-state index contributed by atoms with van der Waals surface area (Å²) in [6.45, 7) is 1.02. The average molecular weight is 252 g/mol. The van der Waals surface area contributed by atoms with Crippen molar-refractivity contribution in [3.05, 3.63) is 17.8 Å². The molecule has 18 heavy (non-hydrogen) atoms. The predicted molar refractivity (Wildman–Crippen MR) is 69.5 cm³/mol. The first-order valence-corrected chi connectivity index (χ1v) is 6.05. The summed E-state index contributed by atoms with van der Waals surface area (Å²) in [6, 6.07) is 3.40. The molecule has 100 valence electrons. The van der Waals surface area contributed by atoms with Gasteiger partial charge in [0.05, 0.1) is 0 Å². The summed E-state index contributed by atoms with van der Waals surface area (Å²) >= 11 is 0. The van der Waals surface area contributed by atoms with Gasteiger partial charge >= 0.3 is 0 Å². The first-order valence-electron chi connectivity index (χ1n) is 6.05. The SMILES string of the molecule is CN(C)C(=O)c1ccc(NCCCCCO)nn1. The van der Waals surface area contributed by atoms with Crippen LogP contribution in [0.4, 0.5) is 5.82 Å². The smallest absolute Gasteiger partial charge is 0.273 e. The van der Waals surface area contributed by atoms with Crippen molar-refractivity contribution in [1.29, 1.82) is 0 Å². The molecule has 0 atom stereocenters. The van der Waals surface area contributed by atoms with Crippen molar-refractivity contribution in [1.82, 2.24) is 15.1 Å². The number of anilines is 1. The van der Waals surface area contributed by atoms with Gasteiger partial charge in [0.15, 0.2) is 5.69 Å². The van der Waals surface area contributed by atoms with Crippen LogP contribution >= 0.6 is 0 Å². The number of unbranched alkanes of at least 4 members (excludes halogenated alkanes) is 2. The van der Waals surface area contributed by atoms with Gasteiger partial charge in [0.25, 0.3) is 5.91 Å². The quantitative estimate of drug-likeness (QED) is 0.700. The molecule has 0 unspecified atom stereocenters. The maximum absolute atomic E-state index is 11.6. The van der Waals surface area contributed by atoms with E-state index in [0.717, 1.165) is 25.8 Å². The van der Waals surface area contributed by atoms with Gasteiger partial charge in [-0.05, 0) is 31.4 Å². The molecule has 0 fully saturated rings. The first-order chi connectivity index (χ1) is 8.65. The highest BCUT2D eigenvalue weighted by Crippen LogP contribution is 2.04. The van der Waals surface area contributed by atoms with E-state index in [4.69, 9.17) is 5.11 Å². The molecule has 0 aliphatic carbocycles. The van der Waals surface area contributed by atoms with Crippen LogP contribution in [0.3, 0.4) is 0 Å². The molecule has 1 rings (SSSR count). The Morgan fingerprint density at radius 3 is 2.61 bits per heavy atom. The minimum atomic E-state index is -0.156. The van der Waals surface area contributed by atoms with Gasteiger partial charge < -0.3 is 15.3 Å². The maximum atomic E-state index is 11.6. The Morgan fingerprint density at radius 1 is 1.28 bits per heavy atom. The van der Waals surface area contributed by atoms with Crippen molar-refractivity contribution in [2.75, 3.05) is 32.6 Å². The fourth-order valence-electron chi connectivity index (χ4n) is 1.40. The van der Waals surface area contributed by atoms with Crippen molar-refractivity contribution in [3.63, 3.8) is 0 Å². The number of carbonyl (C=O) groups is 1. The molecule has 0 aliphatic rings. The van der Waals surface area contributed by atoms with E-state index < -0.39 is 0 Å². The largest absolute Gasteiger partial charge is 0.396 e. The molecule has 0 aromatic carbocycles. The van der Waals surface area contributed by atoms with Gasteiger partial charge in [0.1, 0.15) is 5.82 Å². The van der Waals surface area contributed by atoms with E-state index in [0.29, 0.717) is 11.5 Å². The second-order valence-corrected chi connectivity index (χ2v) is 4.21. The van der Waals surface area contributed by atoms with Crippen molar-refractivity contribution in [2.45, 2.75) is 19.3 Å². The van der Waals surface area contributed by atoms with Crippen LogP contribution in [-0.2, 0) is 0 Å². The van der Waals surface area contributed by atoms with Crippen LogP contribution in [0, 0.1) is 0 Å². The number of nitrogens with zero attached hydrogens (tertiary/aromatic N) is 3. The van der Waals surface area contributed by atoms with E-state index in [9.17, 15) is 4.79 Å². The molecule has 1 heterocycles. The monoisotopic (exact) mass is 252 g/mol. The fraction of sp³-hybridized carbons (Fsp3) is 0.583. The number of hydrogen-bond donors (Lipinski definition) is 2. The van der Waals surface area contributed by atoms with Crippen LogP contribution in [0.2, 0.25) is 0 Å². The van der Waals surface area contributed by atoms with E-state index in [1.54, 1.807) is 26.2 Å². The predicted octanol–water partition coefficient (Wildman–Crippen LogP) is 0.753. The molecular formula is C12H20N4O2. The third-order valence-electron chi connectivity index (χ3n) is 2.43. The molecule has 0 aliphatic heterocycles. The lowest BCUT2D eigenvalue weighted by molar-refractivity contribution is 0.0821. The Morgan fingerprint density at radius 2 is 2.06 bits per heavy atom. The van der Waals surface area contributed by atoms with Crippen LogP contribution in [0.5, 0.6) is 0 Å². The van der Waals surface area contributed by atoms with E-state index >= 15 is 0 Å². The van der Waals surface area contributed by atoms with Crippen molar-refractivity contribution >= 4 is 11.7 Å². The van der Waals surface area contributed by atoms with E-state index in [1.165, 1.54) is 4.90 Å². The van der Waals surface area contributed by atoms with Gasteiger partial charge in [0, 0.05) is 27.2 Å². The molecule has 2 N–H and O–H groups in total. The number of rotatable bonds is 7. The van der Waals surface area contributed by atoms with Crippen LogP contribution in [0.1, 0.15) is 29.8 Å². The lowest BCUT2D eigenvalue weighted by Gasteiger charge is -2.09. The number of nitrogens with one attached hydrogen (secondary N) is 1. The second-order valence-electron chi connectivity index (χ2n) is 4.21. The number of amides is 1. The molecule has 1 aromatic rings. The Labute approximate surface area is 107 Å². The zero-order valence-corrected chi connectivity index (χ0v) is 10.9. The van der Waals surface area contributed by atoms with Gasteiger partial charge in [-0.1, -0.05) is 0 Å². The standard InChI is InChI=1S/C12H20N4O2/c1-16(2)12(18)10-6-7-11(15-14-10)13-8-4-3-5-9-17/h6-7,17H,3-5,8-9H2,1-2H3,(H,13,15). The summed E-state index contributed by atoms with van der Waals surface area (Å²) in [5, 5.41) is 19.6. The third-order valence-corrected chi connectivity index (χ3v) is 2.43. The normalized spacial score (nSPS) is 10.2. The number of carbonyl (C=O) groups excluding carboxylic acids is 1. The molecule has 6 nitrogen and oxygen atoms in total. The summed E-state index contributed by atoms with van der Waals surface area (Å²) in [4.78, 5) is 13.0. The fourth-order valence-corrected chi connectivity index (χ4v) is 1.40. The first kappa shape index (κ1) is 14.4. The minimum absolute atomic E-state index is 0.156. The number of aliphatic hydroxyl groups is 1. The number of aromatic nitrogens is 2. The Kier molecular flexibility index (Phi) is 6.07. The van der Waals surface area contributed by atoms with Gasteiger partial charge in [0.2, 0.25) is 0 Å². The molecule has 0 radical (unpaired) electrons. The maximum Gasteiger partial charge on any atom is 0.273 e. The summed E-state index contributed by atoms with van der Waals surface area (Å²) < 4.78 is 0.